The summed E-state index contributed by atoms with van der Waals surface area (Å²) in [5, 5.41) is 12.5. The van der Waals surface area contributed by atoms with E-state index in [-0.39, 0.29) is 5.56 Å². The van der Waals surface area contributed by atoms with E-state index in [1.165, 1.54) is 0 Å². The molecule has 3 aromatic rings. The van der Waals surface area contributed by atoms with E-state index in [1.54, 1.807) is 7.05 Å². The molecule has 20 heavy (non-hydrogen) atoms. The van der Waals surface area contributed by atoms with Gasteiger partial charge in [-0.25, -0.2) is 8.78 Å². The van der Waals surface area contributed by atoms with Gasteiger partial charge in [0.2, 0.25) is 0 Å². The first kappa shape index (κ1) is 12.5. The molecule has 100 valence electrons. The maximum Gasteiger partial charge on any atom is 0.156 e. The molecule has 1 heterocycles. The Morgan fingerprint density at radius 3 is 2.45 bits per heavy atom. The van der Waals surface area contributed by atoms with Gasteiger partial charge in [0.05, 0.1) is 0 Å². The van der Waals surface area contributed by atoms with Crippen LogP contribution in [-0.2, 0) is 0 Å². The van der Waals surface area contributed by atoms with E-state index in [0.29, 0.717) is 11.5 Å². The minimum atomic E-state index is -0.525. The van der Waals surface area contributed by atoms with Crippen LogP contribution >= 0.6 is 0 Å². The van der Waals surface area contributed by atoms with Crippen LogP contribution in [0.25, 0.3) is 22.0 Å². The standard InChI is InChI=1S/C15H11F2N3/c1-18-15-11-5-3-2-4-10(11)14(19-20-15)12-8-9(16)6-7-13(12)17/h2-8H,1H3,(H,18,20). The third-order valence-corrected chi connectivity index (χ3v) is 3.11. The topological polar surface area (TPSA) is 37.8 Å². The Hall–Kier alpha value is -2.56. The second-order valence-corrected chi connectivity index (χ2v) is 4.32. The number of benzene rings is 2. The average molecular weight is 271 g/mol. The Bertz CT molecular complexity index is 787. The molecule has 3 rings (SSSR count). The summed E-state index contributed by atoms with van der Waals surface area (Å²) in [6.07, 6.45) is 0. The second kappa shape index (κ2) is 4.85. The van der Waals surface area contributed by atoms with Gasteiger partial charge in [0.25, 0.3) is 0 Å². The van der Waals surface area contributed by atoms with Crippen LogP contribution in [0, 0.1) is 11.6 Å². The number of fused-ring (bicyclic) bond motifs is 1. The molecule has 0 atom stereocenters. The molecular formula is C15H11F2N3. The Morgan fingerprint density at radius 2 is 1.70 bits per heavy atom. The molecule has 0 aliphatic heterocycles. The predicted molar refractivity (Wildman–Crippen MR) is 74.4 cm³/mol. The Kier molecular flexibility index (Phi) is 3.02. The minimum absolute atomic E-state index is 0.108. The predicted octanol–water partition coefficient (Wildman–Crippen LogP) is 3.62. The van der Waals surface area contributed by atoms with Gasteiger partial charge in [0, 0.05) is 23.4 Å². The highest BCUT2D eigenvalue weighted by atomic mass is 19.1. The highest BCUT2D eigenvalue weighted by molar-refractivity contribution is 6.00. The first-order valence-corrected chi connectivity index (χ1v) is 6.09. The molecule has 0 aliphatic rings. The van der Waals surface area contributed by atoms with Crippen molar-refractivity contribution >= 4 is 16.6 Å². The number of hydrogen-bond donors (Lipinski definition) is 1. The molecule has 0 saturated heterocycles. The van der Waals surface area contributed by atoms with Crippen molar-refractivity contribution in [2.24, 2.45) is 0 Å². The van der Waals surface area contributed by atoms with Crippen LogP contribution in [0.15, 0.2) is 42.5 Å². The molecule has 0 amide bonds. The van der Waals surface area contributed by atoms with E-state index in [2.05, 4.69) is 15.5 Å². The zero-order valence-corrected chi connectivity index (χ0v) is 10.7. The van der Waals surface area contributed by atoms with Crippen LogP contribution in [0.2, 0.25) is 0 Å². The molecule has 5 heteroatoms. The number of hydrogen-bond acceptors (Lipinski definition) is 3. The highest BCUT2D eigenvalue weighted by Crippen LogP contribution is 2.31. The van der Waals surface area contributed by atoms with Gasteiger partial charge in [-0.3, -0.25) is 0 Å². The Labute approximate surface area is 114 Å². The van der Waals surface area contributed by atoms with Crippen molar-refractivity contribution in [1.29, 1.82) is 0 Å². The van der Waals surface area contributed by atoms with Crippen molar-refractivity contribution in [2.45, 2.75) is 0 Å². The van der Waals surface area contributed by atoms with Crippen LogP contribution in [0.5, 0.6) is 0 Å². The normalized spacial score (nSPS) is 10.8. The molecule has 0 radical (unpaired) electrons. The Balaban J connectivity index is 2.35. The quantitative estimate of drug-likeness (QED) is 0.773. The van der Waals surface area contributed by atoms with E-state index in [9.17, 15) is 8.78 Å². The van der Waals surface area contributed by atoms with Gasteiger partial charge in [0.15, 0.2) is 5.82 Å². The summed E-state index contributed by atoms with van der Waals surface area (Å²) in [6.45, 7) is 0. The lowest BCUT2D eigenvalue weighted by Crippen LogP contribution is -1.99. The number of aromatic nitrogens is 2. The highest BCUT2D eigenvalue weighted by Gasteiger charge is 2.14. The maximum absolute atomic E-state index is 13.9. The van der Waals surface area contributed by atoms with E-state index < -0.39 is 11.6 Å². The molecule has 0 spiro atoms. The van der Waals surface area contributed by atoms with Gasteiger partial charge < -0.3 is 5.32 Å². The van der Waals surface area contributed by atoms with Gasteiger partial charge in [-0.05, 0) is 18.2 Å². The summed E-state index contributed by atoms with van der Waals surface area (Å²) in [6, 6.07) is 10.6. The molecule has 0 unspecified atom stereocenters. The van der Waals surface area contributed by atoms with Crippen LogP contribution < -0.4 is 5.32 Å². The van der Waals surface area contributed by atoms with Crippen LogP contribution in [0.4, 0.5) is 14.6 Å². The van der Waals surface area contributed by atoms with Crippen molar-refractivity contribution in [3.05, 3.63) is 54.1 Å². The first-order chi connectivity index (χ1) is 9.70. The third kappa shape index (κ3) is 1.97. The number of nitrogens with zero attached hydrogens (tertiary/aromatic N) is 2. The smallest absolute Gasteiger partial charge is 0.156 e. The SMILES string of the molecule is CNc1nnc(-c2cc(F)ccc2F)c2ccccc12. The monoisotopic (exact) mass is 271 g/mol. The third-order valence-electron chi connectivity index (χ3n) is 3.11. The summed E-state index contributed by atoms with van der Waals surface area (Å²) < 4.78 is 27.3. The van der Waals surface area contributed by atoms with Crippen LogP contribution in [-0.4, -0.2) is 17.2 Å². The van der Waals surface area contributed by atoms with Gasteiger partial charge in [-0.1, -0.05) is 24.3 Å². The van der Waals surface area contributed by atoms with Crippen LogP contribution in [0.1, 0.15) is 0 Å². The van der Waals surface area contributed by atoms with Crippen LogP contribution in [0.3, 0.4) is 0 Å². The number of nitrogens with one attached hydrogen (secondary N) is 1. The van der Waals surface area contributed by atoms with Crippen molar-refractivity contribution in [3.63, 3.8) is 0 Å². The molecule has 0 bridgehead atoms. The van der Waals surface area contributed by atoms with Crippen molar-refractivity contribution < 1.29 is 8.78 Å². The van der Waals surface area contributed by atoms with Gasteiger partial charge in [-0.2, -0.15) is 0 Å². The minimum Gasteiger partial charge on any atom is -0.371 e. The fourth-order valence-corrected chi connectivity index (χ4v) is 2.17. The molecular weight excluding hydrogens is 260 g/mol. The molecule has 3 nitrogen and oxygen atoms in total. The molecule has 0 saturated carbocycles. The summed E-state index contributed by atoms with van der Waals surface area (Å²) in [5.74, 6) is -0.436. The largest absolute Gasteiger partial charge is 0.371 e. The van der Waals surface area contributed by atoms with E-state index >= 15 is 0 Å². The molecule has 0 aliphatic carbocycles. The molecule has 2 aromatic carbocycles. The van der Waals surface area contributed by atoms with E-state index in [4.69, 9.17) is 0 Å². The lowest BCUT2D eigenvalue weighted by atomic mass is 10.0. The lowest BCUT2D eigenvalue weighted by Gasteiger charge is -2.09. The fraction of sp³-hybridized carbons (Fsp3) is 0.0667. The molecule has 1 aromatic heterocycles. The van der Waals surface area contributed by atoms with E-state index in [0.717, 1.165) is 29.0 Å². The number of halogens is 2. The fourth-order valence-electron chi connectivity index (χ4n) is 2.17. The lowest BCUT2D eigenvalue weighted by molar-refractivity contribution is 0.602. The zero-order chi connectivity index (χ0) is 14.1. The number of anilines is 1. The van der Waals surface area contributed by atoms with Crippen molar-refractivity contribution in [2.75, 3.05) is 12.4 Å². The summed E-state index contributed by atoms with van der Waals surface area (Å²) >= 11 is 0. The zero-order valence-electron chi connectivity index (χ0n) is 10.7. The Morgan fingerprint density at radius 1 is 0.950 bits per heavy atom. The second-order valence-electron chi connectivity index (χ2n) is 4.32. The summed E-state index contributed by atoms with van der Waals surface area (Å²) in [4.78, 5) is 0. The first-order valence-electron chi connectivity index (χ1n) is 6.09. The molecule has 0 fully saturated rings. The summed E-state index contributed by atoms with van der Waals surface area (Å²) in [5.41, 5.74) is 0.438. The summed E-state index contributed by atoms with van der Waals surface area (Å²) in [7, 11) is 1.74. The molecule has 1 N–H and O–H groups in total. The average Bonchev–Trinajstić information content (AvgIpc) is 2.49. The van der Waals surface area contributed by atoms with Gasteiger partial charge in [0.1, 0.15) is 17.3 Å². The van der Waals surface area contributed by atoms with E-state index in [1.807, 2.05) is 24.3 Å². The maximum atomic E-state index is 13.9. The van der Waals surface area contributed by atoms with Gasteiger partial charge in [-0.15, -0.1) is 10.2 Å². The van der Waals surface area contributed by atoms with Crippen molar-refractivity contribution in [1.82, 2.24) is 10.2 Å². The van der Waals surface area contributed by atoms with Gasteiger partial charge >= 0.3 is 0 Å². The number of rotatable bonds is 2. The van der Waals surface area contributed by atoms with Crippen molar-refractivity contribution in [3.8, 4) is 11.3 Å².